The Balaban J connectivity index is 0. The van der Waals surface area contributed by atoms with E-state index in [1.165, 1.54) is 0 Å². The van der Waals surface area contributed by atoms with Gasteiger partial charge in [-0.1, -0.05) is 0 Å². The molecule has 4 N–H and O–H groups in total. The fourth-order valence-electron chi connectivity index (χ4n) is 0. The van der Waals surface area contributed by atoms with Crippen LogP contribution >= 0.6 is 0 Å². The van der Waals surface area contributed by atoms with E-state index in [2.05, 4.69) is 10.2 Å². The zero-order valence-corrected chi connectivity index (χ0v) is 5.18. The maximum absolute atomic E-state index is 9.21. The Morgan fingerprint density at radius 1 is 1.60 bits per heavy atom. The molecule has 0 saturated heterocycles. The van der Waals surface area contributed by atoms with E-state index in [9.17, 15) is 8.42 Å². The fourth-order valence-corrected chi connectivity index (χ4v) is 0. The quantitative estimate of drug-likeness (QED) is 0.243. The molecule has 0 spiro atoms. The van der Waals surface area contributed by atoms with Crippen LogP contribution in [0.25, 0.3) is 0 Å². The summed E-state index contributed by atoms with van der Waals surface area (Å²) in [5.41, 5.74) is 0. The van der Waals surface area contributed by atoms with Gasteiger partial charge in [0.2, 0.25) is 0 Å². The number of rotatable bonds is 1. The van der Waals surface area contributed by atoms with Gasteiger partial charge in [0.05, 0.1) is 0 Å². The number of hydrogen-bond donors (Lipinski definition) is 3. The molecule has 10 heavy (non-hydrogen) atoms. The van der Waals surface area contributed by atoms with Crippen molar-refractivity contribution in [3.8, 4) is 0 Å². The molecule has 0 atom stereocenters. The molecule has 0 aromatic heterocycles. The van der Waals surface area contributed by atoms with Gasteiger partial charge in [0, 0.05) is 0 Å². The van der Waals surface area contributed by atoms with E-state index < -0.39 is 15.5 Å². The van der Waals surface area contributed by atoms with Crippen LogP contribution in [0.3, 0.4) is 0 Å². The van der Waals surface area contributed by atoms with Crippen LogP contribution in [0.4, 0.5) is 0 Å². The summed E-state index contributed by atoms with van der Waals surface area (Å²) in [4.78, 5) is 8.36. The second kappa shape index (κ2) is 4.87. The first kappa shape index (κ1) is 11.8. The maximum atomic E-state index is 9.21. The van der Waals surface area contributed by atoms with E-state index in [0.29, 0.717) is 0 Å². The van der Waals surface area contributed by atoms with Crippen molar-refractivity contribution in [2.75, 3.05) is 0 Å². The smallest absolute Gasteiger partial charge is 0.328 e. The average Bonchev–Trinajstić information content (AvgIpc) is 1.63. The molecule has 62 valence electrons. The third-order valence-electron chi connectivity index (χ3n) is 0.122. The van der Waals surface area contributed by atoms with Crippen molar-refractivity contribution in [1.29, 1.82) is 0 Å². The van der Waals surface area contributed by atoms with Crippen LogP contribution in [0.15, 0.2) is 0 Å². The number of nitrogens with two attached hydrogens (primary N) is 1. The van der Waals surface area contributed by atoms with Crippen molar-refractivity contribution in [2.24, 2.45) is 5.90 Å². The molecular weight excluding hydrogens is 172 g/mol. The summed E-state index contributed by atoms with van der Waals surface area (Å²) >= 11 is 0. The Bertz CT molecular complexity index is 174. The average molecular weight is 176 g/mol. The van der Waals surface area contributed by atoms with Crippen LogP contribution in [-0.2, 0) is 14.7 Å². The summed E-state index contributed by atoms with van der Waals surface area (Å²) in [7, 11) is -4.38. The van der Waals surface area contributed by atoms with Crippen molar-refractivity contribution in [2.45, 2.75) is 0 Å². The van der Waals surface area contributed by atoms with Gasteiger partial charge in [-0.25, -0.2) is 0 Å². The summed E-state index contributed by atoms with van der Waals surface area (Å²) < 4.78 is 28.8. The van der Waals surface area contributed by atoms with Gasteiger partial charge in [0.15, 0.2) is 0 Å². The van der Waals surface area contributed by atoms with Crippen LogP contribution in [0.2, 0.25) is 0 Å². The highest BCUT2D eigenvalue weighted by Gasteiger charge is 1.95. The van der Waals surface area contributed by atoms with Crippen molar-refractivity contribution in [1.82, 2.24) is 0 Å². The Morgan fingerprint density at radius 3 is 1.70 bits per heavy atom. The molecule has 0 aliphatic heterocycles. The van der Waals surface area contributed by atoms with Gasteiger partial charge in [-0.2, -0.15) is 18.6 Å². The molecule has 0 aliphatic rings. The minimum Gasteiger partial charge on any atom is -0.328 e. The Labute approximate surface area is 55.0 Å². The summed E-state index contributed by atoms with van der Waals surface area (Å²) in [6.45, 7) is 0. The topological polar surface area (TPSA) is 153 Å². The second-order valence-electron chi connectivity index (χ2n) is 0.762. The first-order chi connectivity index (χ1) is 4.29. The van der Waals surface area contributed by atoms with Crippen LogP contribution in [0, 0.1) is 10.1 Å². The van der Waals surface area contributed by atoms with Crippen LogP contribution in [0.1, 0.15) is 0 Å². The molecule has 0 heterocycles. The molecule has 0 fully saturated rings. The fraction of sp³-hybridized carbons (Fsp3) is 0. The monoisotopic (exact) mass is 176 g/mol. The molecule has 0 unspecified atom stereocenters. The predicted octanol–water partition coefficient (Wildman–Crippen LogP) is -1.67. The van der Waals surface area contributed by atoms with Gasteiger partial charge in [-0.05, 0) is 0 Å². The van der Waals surface area contributed by atoms with Crippen molar-refractivity contribution >= 4 is 10.4 Å². The lowest BCUT2D eigenvalue weighted by molar-refractivity contribution is -0.742. The normalized spacial score (nSPS) is 9.40. The summed E-state index contributed by atoms with van der Waals surface area (Å²) in [6, 6.07) is 0. The molecular formula is H4N2O7S. The maximum Gasteiger partial charge on any atom is 0.413 e. The van der Waals surface area contributed by atoms with Gasteiger partial charge in [-0.3, -0.25) is 4.55 Å². The molecule has 9 nitrogen and oxygen atoms in total. The SMILES string of the molecule is NOS(=O)(=O)O.O=[N+]([O-])O. The highest BCUT2D eigenvalue weighted by atomic mass is 32.3. The van der Waals surface area contributed by atoms with Crippen LogP contribution in [-0.4, -0.2) is 23.3 Å². The molecule has 0 aliphatic carbocycles. The summed E-state index contributed by atoms with van der Waals surface area (Å²) in [5.74, 6) is 3.97. The highest BCUT2D eigenvalue weighted by Crippen LogP contribution is 1.70. The molecule has 0 saturated carbocycles. The van der Waals surface area contributed by atoms with Crippen LogP contribution in [0.5, 0.6) is 0 Å². The lowest BCUT2D eigenvalue weighted by Crippen LogP contribution is -2.08. The van der Waals surface area contributed by atoms with E-state index in [0.717, 1.165) is 0 Å². The Morgan fingerprint density at radius 2 is 1.70 bits per heavy atom. The highest BCUT2D eigenvalue weighted by molar-refractivity contribution is 7.80. The zero-order chi connectivity index (χ0) is 8.78. The molecule has 0 aromatic carbocycles. The van der Waals surface area contributed by atoms with E-state index in [1.54, 1.807) is 0 Å². The molecule has 0 bridgehead atoms. The summed E-state index contributed by atoms with van der Waals surface area (Å²) in [5, 5.41) is 13.6. The van der Waals surface area contributed by atoms with Gasteiger partial charge in [-0.15, -0.1) is 10.1 Å². The third kappa shape index (κ3) is 62.0. The minimum atomic E-state index is -4.38. The van der Waals surface area contributed by atoms with Gasteiger partial charge in [0.1, 0.15) is 0 Å². The number of hydrogen-bond acceptors (Lipinski definition) is 6. The van der Waals surface area contributed by atoms with Crippen molar-refractivity contribution < 1.29 is 27.5 Å². The van der Waals surface area contributed by atoms with E-state index in [1.807, 2.05) is 0 Å². The molecule has 0 amide bonds. The second-order valence-corrected chi connectivity index (χ2v) is 1.81. The van der Waals surface area contributed by atoms with Gasteiger partial charge < -0.3 is 5.21 Å². The van der Waals surface area contributed by atoms with Crippen LogP contribution < -0.4 is 5.90 Å². The minimum absolute atomic E-state index is 1.50. The first-order valence-corrected chi connectivity index (χ1v) is 2.85. The largest absolute Gasteiger partial charge is 0.413 e. The zero-order valence-electron chi connectivity index (χ0n) is 4.37. The predicted molar refractivity (Wildman–Crippen MR) is 25.6 cm³/mol. The van der Waals surface area contributed by atoms with Crippen molar-refractivity contribution in [3.05, 3.63) is 10.1 Å². The molecule has 10 heteroatoms. The lowest BCUT2D eigenvalue weighted by Gasteiger charge is -1.81. The summed E-state index contributed by atoms with van der Waals surface area (Å²) in [6.07, 6.45) is 0. The van der Waals surface area contributed by atoms with E-state index >= 15 is 0 Å². The third-order valence-corrected chi connectivity index (χ3v) is 0.365. The molecule has 0 aromatic rings. The van der Waals surface area contributed by atoms with Crippen molar-refractivity contribution in [3.63, 3.8) is 0 Å². The van der Waals surface area contributed by atoms with E-state index in [4.69, 9.17) is 19.9 Å². The Kier molecular flexibility index (Phi) is 5.73. The molecule has 0 radical (unpaired) electrons. The van der Waals surface area contributed by atoms with Gasteiger partial charge in [0.25, 0.3) is 5.09 Å². The molecule has 0 rings (SSSR count). The lowest BCUT2D eigenvalue weighted by atomic mass is 13.1. The van der Waals surface area contributed by atoms with E-state index in [-0.39, 0.29) is 0 Å². The standard InChI is InChI=1S/H3NO4S.HNO3/c1-5-6(2,3)4;2-1(3)4/h1H2,(H,2,3,4);(H,2,3,4). The first-order valence-electron chi connectivity index (χ1n) is 1.48. The Hall–Kier alpha value is -0.970. The number of nitrogens with zero attached hydrogens (tertiary/aromatic N) is 1. The van der Waals surface area contributed by atoms with Gasteiger partial charge >= 0.3 is 10.4 Å².